The van der Waals surface area contributed by atoms with Gasteiger partial charge in [-0.25, -0.2) is 12.8 Å². The summed E-state index contributed by atoms with van der Waals surface area (Å²) in [6.45, 7) is 0.567. The number of pyridine rings is 1. The normalized spacial score (nSPS) is 12.1. The van der Waals surface area contributed by atoms with Crippen molar-refractivity contribution in [3.8, 4) is 11.1 Å². The van der Waals surface area contributed by atoms with Gasteiger partial charge in [0.25, 0.3) is 5.91 Å². The zero-order chi connectivity index (χ0) is 26.1. The summed E-state index contributed by atoms with van der Waals surface area (Å²) in [6, 6.07) is 8.27. The van der Waals surface area contributed by atoms with Crippen molar-refractivity contribution in [1.82, 2.24) is 14.5 Å². The van der Waals surface area contributed by atoms with E-state index in [1.807, 2.05) is 0 Å². The highest BCUT2D eigenvalue weighted by Gasteiger charge is 2.41. The quantitative estimate of drug-likeness (QED) is 0.409. The van der Waals surface area contributed by atoms with Gasteiger partial charge >= 0.3 is 6.18 Å². The van der Waals surface area contributed by atoms with E-state index in [9.17, 15) is 30.8 Å². The van der Waals surface area contributed by atoms with Gasteiger partial charge in [0.05, 0.1) is 24.2 Å². The van der Waals surface area contributed by atoms with Crippen molar-refractivity contribution in [1.29, 1.82) is 0 Å². The van der Waals surface area contributed by atoms with Gasteiger partial charge in [-0.2, -0.15) is 13.2 Å². The van der Waals surface area contributed by atoms with Crippen LogP contribution in [0.2, 0.25) is 5.02 Å². The molecule has 2 heterocycles. The Bertz CT molecular complexity index is 1340. The highest BCUT2D eigenvalue weighted by molar-refractivity contribution is 7.90. The monoisotopic (exact) mass is 531 g/mol. The first-order chi connectivity index (χ1) is 16.2. The second kappa shape index (κ2) is 9.98. The number of aromatic nitrogens is 2. The molecule has 6 nitrogen and oxygen atoms in total. The topological polar surface area (TPSA) is 72.3 Å². The third-order valence-electron chi connectivity index (χ3n) is 5.36. The van der Waals surface area contributed by atoms with Crippen LogP contribution in [0.3, 0.4) is 0 Å². The van der Waals surface area contributed by atoms with Crippen molar-refractivity contribution < 1.29 is 30.8 Å². The summed E-state index contributed by atoms with van der Waals surface area (Å²) < 4.78 is 80.2. The molecule has 0 saturated heterocycles. The number of benzene rings is 1. The molecule has 12 heteroatoms. The molecule has 3 rings (SSSR count). The molecule has 0 fully saturated rings. The molecule has 0 atom stereocenters. The summed E-state index contributed by atoms with van der Waals surface area (Å²) in [5.74, 6) is -1.83. The average Bonchev–Trinajstić information content (AvgIpc) is 3.05. The first-order valence-electron chi connectivity index (χ1n) is 10.3. The number of carbonyl (C=O) groups is 1. The van der Waals surface area contributed by atoms with Crippen molar-refractivity contribution in [3.05, 3.63) is 76.1 Å². The fourth-order valence-corrected chi connectivity index (χ4v) is 4.44. The molecule has 0 aliphatic carbocycles. The van der Waals surface area contributed by atoms with Gasteiger partial charge in [0.1, 0.15) is 27.0 Å². The number of hydrogen-bond acceptors (Lipinski definition) is 4. The highest BCUT2D eigenvalue weighted by Crippen LogP contribution is 2.41. The molecule has 1 amide bonds. The number of hydrogen-bond donors (Lipinski definition) is 0. The van der Waals surface area contributed by atoms with E-state index in [0.717, 1.165) is 28.0 Å². The Morgan fingerprint density at radius 3 is 2.29 bits per heavy atom. The third kappa shape index (κ3) is 6.21. The average molecular weight is 532 g/mol. The molecule has 3 aromatic rings. The standard InChI is InChI=1S/C23H22ClF4N3O3S/c1-14-19(15-4-6-16(24)7-5-15)20(22(32)30(2)10-11-35(3,33)34)31(21(14)23(26,27)28)13-18-9-8-17(25)12-29-18/h4-9,12H,10-11,13H2,1-3H3. The molecular formula is C23H22ClF4N3O3S. The lowest BCUT2D eigenvalue weighted by molar-refractivity contribution is -0.143. The van der Waals surface area contributed by atoms with Crippen LogP contribution in [0.15, 0.2) is 42.6 Å². The molecule has 0 N–H and O–H groups in total. The smallest absolute Gasteiger partial charge is 0.339 e. The van der Waals surface area contributed by atoms with Gasteiger partial charge in [0, 0.05) is 30.4 Å². The van der Waals surface area contributed by atoms with E-state index in [2.05, 4.69) is 4.98 Å². The van der Waals surface area contributed by atoms with E-state index in [-0.39, 0.29) is 34.8 Å². The molecule has 0 radical (unpaired) electrons. The Hall–Kier alpha value is -2.92. The third-order valence-corrected chi connectivity index (χ3v) is 6.54. The number of rotatable bonds is 7. The van der Waals surface area contributed by atoms with E-state index in [1.54, 1.807) is 0 Å². The molecular weight excluding hydrogens is 510 g/mol. The van der Waals surface area contributed by atoms with Gasteiger partial charge in [0.15, 0.2) is 0 Å². The van der Waals surface area contributed by atoms with Crippen molar-refractivity contribution in [2.24, 2.45) is 0 Å². The number of alkyl halides is 3. The van der Waals surface area contributed by atoms with Crippen LogP contribution in [0.1, 0.15) is 27.4 Å². The fraction of sp³-hybridized carbons (Fsp3) is 0.304. The SMILES string of the molecule is Cc1c(-c2ccc(Cl)cc2)c(C(=O)N(C)CCS(C)(=O)=O)n(Cc2ccc(F)cn2)c1C(F)(F)F. The minimum absolute atomic E-state index is 0.0345. The summed E-state index contributed by atoms with van der Waals surface area (Å²) in [4.78, 5) is 18.4. The number of nitrogens with zero attached hydrogens (tertiary/aromatic N) is 3. The molecule has 188 valence electrons. The molecule has 0 saturated carbocycles. The summed E-state index contributed by atoms with van der Waals surface area (Å²) in [5.41, 5.74) is -1.09. The maximum atomic E-state index is 14.3. The largest absolute Gasteiger partial charge is 0.431 e. The van der Waals surface area contributed by atoms with Crippen molar-refractivity contribution in [2.45, 2.75) is 19.6 Å². The van der Waals surface area contributed by atoms with Crippen molar-refractivity contribution in [2.75, 3.05) is 25.6 Å². The zero-order valence-corrected chi connectivity index (χ0v) is 20.6. The Kier molecular flexibility index (Phi) is 7.61. The van der Waals surface area contributed by atoms with Gasteiger partial charge in [-0.15, -0.1) is 0 Å². The summed E-state index contributed by atoms with van der Waals surface area (Å²) in [5, 5.41) is 0.357. The van der Waals surface area contributed by atoms with Crippen molar-refractivity contribution in [3.63, 3.8) is 0 Å². The number of halogens is 5. The van der Waals surface area contributed by atoms with E-state index in [0.29, 0.717) is 10.6 Å². The van der Waals surface area contributed by atoms with Crippen LogP contribution < -0.4 is 0 Å². The lowest BCUT2D eigenvalue weighted by Crippen LogP contribution is -2.33. The molecule has 35 heavy (non-hydrogen) atoms. The fourth-order valence-electron chi connectivity index (χ4n) is 3.71. The van der Waals surface area contributed by atoms with E-state index < -0.39 is 40.0 Å². The molecule has 0 bridgehead atoms. The van der Waals surface area contributed by atoms with Gasteiger partial charge in [-0.05, 0) is 42.3 Å². The Morgan fingerprint density at radius 1 is 1.14 bits per heavy atom. The zero-order valence-electron chi connectivity index (χ0n) is 19.0. The van der Waals surface area contributed by atoms with E-state index in [4.69, 9.17) is 11.6 Å². The van der Waals surface area contributed by atoms with Crippen LogP contribution in [-0.2, 0) is 22.6 Å². The number of sulfone groups is 1. The molecule has 0 unspecified atom stereocenters. The summed E-state index contributed by atoms with van der Waals surface area (Å²) >= 11 is 5.95. The molecule has 0 aliphatic rings. The first kappa shape index (κ1) is 26.7. The highest BCUT2D eigenvalue weighted by atomic mass is 35.5. The predicted molar refractivity (Wildman–Crippen MR) is 125 cm³/mol. The number of amides is 1. The van der Waals surface area contributed by atoms with Crippen LogP contribution in [0.5, 0.6) is 0 Å². The summed E-state index contributed by atoms with van der Waals surface area (Å²) in [7, 11) is -2.12. The Morgan fingerprint density at radius 2 is 1.77 bits per heavy atom. The Balaban J connectivity index is 2.27. The second-order valence-electron chi connectivity index (χ2n) is 8.11. The van der Waals surface area contributed by atoms with Crippen LogP contribution in [0.4, 0.5) is 17.6 Å². The Labute approximate surface area is 205 Å². The summed E-state index contributed by atoms with van der Waals surface area (Å²) in [6.07, 6.45) is -2.97. The van der Waals surface area contributed by atoms with Crippen molar-refractivity contribution >= 4 is 27.3 Å². The number of carbonyl (C=O) groups excluding carboxylic acids is 1. The minimum Gasteiger partial charge on any atom is -0.339 e. The van der Waals surface area contributed by atoms with Crippen LogP contribution in [-0.4, -0.2) is 54.4 Å². The lowest BCUT2D eigenvalue weighted by atomic mass is 10.0. The lowest BCUT2D eigenvalue weighted by Gasteiger charge is -2.21. The molecule has 2 aromatic heterocycles. The molecule has 0 aliphatic heterocycles. The van der Waals surface area contributed by atoms with Crippen LogP contribution >= 0.6 is 11.6 Å². The maximum absolute atomic E-state index is 14.3. The van der Waals surface area contributed by atoms with Gasteiger partial charge in [0.2, 0.25) is 0 Å². The van der Waals surface area contributed by atoms with Gasteiger partial charge in [-0.3, -0.25) is 9.78 Å². The minimum atomic E-state index is -4.84. The van der Waals surface area contributed by atoms with E-state index in [1.165, 1.54) is 44.3 Å². The molecule has 0 spiro atoms. The first-order valence-corrected chi connectivity index (χ1v) is 12.7. The molecule has 1 aromatic carbocycles. The maximum Gasteiger partial charge on any atom is 0.431 e. The van der Waals surface area contributed by atoms with Crippen LogP contribution in [0, 0.1) is 12.7 Å². The predicted octanol–water partition coefficient (Wildman–Crippen LogP) is 4.83. The van der Waals surface area contributed by atoms with E-state index >= 15 is 0 Å². The van der Waals surface area contributed by atoms with Gasteiger partial charge < -0.3 is 9.47 Å². The van der Waals surface area contributed by atoms with Crippen LogP contribution in [0.25, 0.3) is 11.1 Å². The second-order valence-corrected chi connectivity index (χ2v) is 10.8. The van der Waals surface area contributed by atoms with Gasteiger partial charge in [-0.1, -0.05) is 23.7 Å².